The third kappa shape index (κ3) is 6.28. The molecule has 0 unspecified atom stereocenters. The van der Waals surface area contributed by atoms with Crippen molar-refractivity contribution in [2.45, 2.75) is 33.2 Å². The molecule has 0 radical (unpaired) electrons. The minimum absolute atomic E-state index is 0.171. The van der Waals surface area contributed by atoms with Crippen LogP contribution in [0.2, 0.25) is 0 Å². The fourth-order valence-corrected chi connectivity index (χ4v) is 3.57. The van der Waals surface area contributed by atoms with E-state index in [1.807, 2.05) is 4.90 Å². The number of nitrogens with one attached hydrogen (secondary N) is 2. The van der Waals surface area contributed by atoms with Gasteiger partial charge in [-0.15, -0.1) is 11.3 Å². The van der Waals surface area contributed by atoms with Crippen molar-refractivity contribution in [2.24, 2.45) is 4.99 Å². The molecule has 0 spiro atoms. The fourth-order valence-electron chi connectivity index (χ4n) is 2.67. The lowest BCUT2D eigenvalue weighted by molar-refractivity contribution is -0.130. The molecule has 1 fully saturated rings. The van der Waals surface area contributed by atoms with Gasteiger partial charge in [0, 0.05) is 58.6 Å². The van der Waals surface area contributed by atoms with E-state index in [1.54, 1.807) is 25.3 Å². The summed E-state index contributed by atoms with van der Waals surface area (Å²) in [5.41, 5.74) is 1.15. The van der Waals surface area contributed by atoms with Crippen molar-refractivity contribution in [1.29, 1.82) is 0 Å². The van der Waals surface area contributed by atoms with Crippen molar-refractivity contribution in [2.75, 3.05) is 46.3 Å². The summed E-state index contributed by atoms with van der Waals surface area (Å²) >= 11 is 1.68. The van der Waals surface area contributed by atoms with Gasteiger partial charge in [-0.05, 0) is 5.92 Å². The first kappa shape index (κ1) is 19.7. The van der Waals surface area contributed by atoms with Crippen LogP contribution in [0, 0.1) is 0 Å². The Kier molecular flexibility index (Phi) is 7.64. The van der Waals surface area contributed by atoms with Gasteiger partial charge in [0.25, 0.3) is 0 Å². The van der Waals surface area contributed by atoms with Crippen molar-refractivity contribution in [3.05, 3.63) is 16.1 Å². The van der Waals surface area contributed by atoms with Crippen LogP contribution in [0.5, 0.6) is 0 Å². The molecule has 25 heavy (non-hydrogen) atoms. The lowest BCUT2D eigenvalue weighted by Gasteiger charge is -2.34. The zero-order valence-electron chi connectivity index (χ0n) is 15.7. The Morgan fingerprint density at radius 3 is 2.60 bits per heavy atom. The van der Waals surface area contributed by atoms with E-state index in [4.69, 9.17) is 0 Å². The van der Waals surface area contributed by atoms with Gasteiger partial charge in [0.15, 0.2) is 5.96 Å². The molecule has 1 aliphatic heterocycles. The van der Waals surface area contributed by atoms with Gasteiger partial charge in [-0.1, -0.05) is 13.8 Å². The molecule has 1 saturated heterocycles. The summed E-state index contributed by atoms with van der Waals surface area (Å²) in [5, 5.41) is 9.86. The molecule has 2 heterocycles. The van der Waals surface area contributed by atoms with Crippen LogP contribution in [0.1, 0.15) is 37.4 Å². The predicted octanol–water partition coefficient (Wildman–Crippen LogP) is 1.10. The van der Waals surface area contributed by atoms with Gasteiger partial charge in [0.05, 0.1) is 12.2 Å². The van der Waals surface area contributed by atoms with Gasteiger partial charge in [-0.3, -0.25) is 14.7 Å². The third-order valence-corrected chi connectivity index (χ3v) is 5.20. The number of guanidine groups is 1. The molecule has 0 aromatic carbocycles. The zero-order valence-corrected chi connectivity index (χ0v) is 16.5. The first-order valence-electron chi connectivity index (χ1n) is 8.86. The molecule has 140 valence electrons. The summed E-state index contributed by atoms with van der Waals surface area (Å²) < 4.78 is 0. The average molecular weight is 367 g/mol. The highest BCUT2D eigenvalue weighted by Gasteiger charge is 2.17. The van der Waals surface area contributed by atoms with E-state index >= 15 is 0 Å². The quantitative estimate of drug-likeness (QED) is 0.583. The van der Waals surface area contributed by atoms with Crippen LogP contribution in [0.15, 0.2) is 10.4 Å². The van der Waals surface area contributed by atoms with Gasteiger partial charge in [-0.2, -0.15) is 0 Å². The first-order valence-corrected chi connectivity index (χ1v) is 9.74. The third-order valence-electron chi connectivity index (χ3n) is 4.33. The Hall–Kier alpha value is -1.67. The second kappa shape index (κ2) is 9.72. The van der Waals surface area contributed by atoms with Gasteiger partial charge in [0.1, 0.15) is 5.01 Å². The Bertz CT molecular complexity index is 577. The number of carbonyl (C=O) groups excluding carboxylic acids is 1. The number of thiazole rings is 1. The van der Waals surface area contributed by atoms with E-state index in [9.17, 15) is 4.79 Å². The normalized spacial score (nSPS) is 16.4. The summed E-state index contributed by atoms with van der Waals surface area (Å²) in [6.07, 6.45) is 0. The molecular weight excluding hydrogens is 336 g/mol. The van der Waals surface area contributed by atoms with Crippen LogP contribution >= 0.6 is 11.3 Å². The summed E-state index contributed by atoms with van der Waals surface area (Å²) in [4.78, 5) is 24.5. The monoisotopic (exact) mass is 366 g/mol. The number of nitrogens with zero attached hydrogens (tertiary/aromatic N) is 4. The molecule has 0 atom stereocenters. The van der Waals surface area contributed by atoms with Crippen LogP contribution in [0.25, 0.3) is 0 Å². The van der Waals surface area contributed by atoms with Crippen LogP contribution in [-0.4, -0.2) is 73.0 Å². The number of piperazine rings is 1. The number of amides is 1. The predicted molar refractivity (Wildman–Crippen MR) is 103 cm³/mol. The van der Waals surface area contributed by atoms with E-state index in [-0.39, 0.29) is 5.91 Å². The van der Waals surface area contributed by atoms with E-state index in [0.717, 1.165) is 55.9 Å². The minimum Gasteiger partial charge on any atom is -0.355 e. The van der Waals surface area contributed by atoms with Crippen LogP contribution in [-0.2, 0) is 11.3 Å². The molecule has 2 rings (SSSR count). The highest BCUT2D eigenvalue weighted by molar-refractivity contribution is 7.09. The minimum atomic E-state index is 0.171. The summed E-state index contributed by atoms with van der Waals surface area (Å²) in [5.74, 6) is 1.43. The SMILES string of the molecule is CN=C(NCCN1CCN(C(C)=O)CC1)NCc1nc(C(C)C)cs1. The molecule has 0 saturated carbocycles. The van der Waals surface area contributed by atoms with Gasteiger partial charge in [0.2, 0.25) is 5.91 Å². The van der Waals surface area contributed by atoms with Crippen molar-refractivity contribution in [3.8, 4) is 0 Å². The maximum atomic E-state index is 11.3. The molecule has 0 bridgehead atoms. The van der Waals surface area contributed by atoms with Crippen molar-refractivity contribution in [3.63, 3.8) is 0 Å². The van der Waals surface area contributed by atoms with Crippen LogP contribution in [0.4, 0.5) is 0 Å². The number of carbonyl (C=O) groups is 1. The number of hydrogen-bond donors (Lipinski definition) is 2. The number of rotatable bonds is 6. The van der Waals surface area contributed by atoms with Gasteiger partial charge >= 0.3 is 0 Å². The Morgan fingerprint density at radius 1 is 1.32 bits per heavy atom. The van der Waals surface area contributed by atoms with E-state index in [1.165, 1.54) is 0 Å². The smallest absolute Gasteiger partial charge is 0.219 e. The Morgan fingerprint density at radius 2 is 2.04 bits per heavy atom. The molecule has 1 aliphatic rings. The van der Waals surface area contributed by atoms with Crippen LogP contribution in [0.3, 0.4) is 0 Å². The summed E-state index contributed by atoms with van der Waals surface area (Å²) in [6.45, 7) is 11.9. The lowest BCUT2D eigenvalue weighted by Crippen LogP contribution is -2.50. The molecule has 8 heteroatoms. The van der Waals surface area contributed by atoms with Gasteiger partial charge < -0.3 is 15.5 Å². The Balaban J connectivity index is 1.66. The molecule has 1 aromatic heterocycles. The van der Waals surface area contributed by atoms with Crippen molar-refractivity contribution in [1.82, 2.24) is 25.4 Å². The van der Waals surface area contributed by atoms with Crippen molar-refractivity contribution >= 4 is 23.2 Å². The summed E-state index contributed by atoms with van der Waals surface area (Å²) in [6, 6.07) is 0. The second-order valence-electron chi connectivity index (χ2n) is 6.52. The maximum absolute atomic E-state index is 11.3. The van der Waals surface area contributed by atoms with Gasteiger partial charge in [-0.25, -0.2) is 4.98 Å². The number of hydrogen-bond acceptors (Lipinski definition) is 5. The molecule has 0 aliphatic carbocycles. The van der Waals surface area contributed by atoms with E-state index in [0.29, 0.717) is 12.5 Å². The number of aliphatic imine (C=N–C) groups is 1. The molecule has 1 aromatic rings. The lowest BCUT2D eigenvalue weighted by atomic mass is 10.2. The topological polar surface area (TPSA) is 72.9 Å². The maximum Gasteiger partial charge on any atom is 0.219 e. The molecule has 2 N–H and O–H groups in total. The van der Waals surface area contributed by atoms with E-state index in [2.05, 4.69) is 44.7 Å². The highest BCUT2D eigenvalue weighted by Crippen LogP contribution is 2.17. The second-order valence-corrected chi connectivity index (χ2v) is 7.46. The molecule has 1 amide bonds. The summed E-state index contributed by atoms with van der Waals surface area (Å²) in [7, 11) is 1.78. The number of aromatic nitrogens is 1. The zero-order chi connectivity index (χ0) is 18.2. The van der Waals surface area contributed by atoms with Crippen molar-refractivity contribution < 1.29 is 4.79 Å². The standard InChI is InChI=1S/C17H30N6OS/c1-13(2)15-12-25-16(21-15)11-20-17(18-4)19-5-6-22-7-9-23(10-8-22)14(3)24/h12-13H,5-11H2,1-4H3,(H2,18,19,20). The largest absolute Gasteiger partial charge is 0.355 e. The molecule has 7 nitrogen and oxygen atoms in total. The first-order chi connectivity index (χ1) is 12.0. The highest BCUT2D eigenvalue weighted by atomic mass is 32.1. The fraction of sp³-hybridized carbons (Fsp3) is 0.706. The van der Waals surface area contributed by atoms with Crippen LogP contribution < -0.4 is 10.6 Å². The Labute approximate surface area is 154 Å². The average Bonchev–Trinajstić information content (AvgIpc) is 3.07. The molecular formula is C17H30N6OS. The van der Waals surface area contributed by atoms with E-state index < -0.39 is 0 Å².